The van der Waals surface area contributed by atoms with Crippen LogP contribution < -0.4 is 5.32 Å². The van der Waals surface area contributed by atoms with Crippen LogP contribution >= 0.6 is 0 Å². The Labute approximate surface area is 176 Å². The molecule has 2 unspecified atom stereocenters. The number of rotatable bonds is 4. The Bertz CT molecular complexity index is 1020. The molecule has 2 aliphatic heterocycles. The Morgan fingerprint density at radius 1 is 1.10 bits per heavy atom. The Morgan fingerprint density at radius 2 is 1.83 bits per heavy atom. The number of piperidine rings is 1. The van der Waals surface area contributed by atoms with Crippen LogP contribution in [0.25, 0.3) is 11.3 Å². The van der Waals surface area contributed by atoms with Gasteiger partial charge in [0.05, 0.1) is 30.4 Å². The number of hydrogen-bond acceptors (Lipinski definition) is 3. The molecule has 6 heteroatoms. The zero-order chi connectivity index (χ0) is 20.5. The van der Waals surface area contributed by atoms with E-state index in [-0.39, 0.29) is 18.0 Å². The highest BCUT2D eigenvalue weighted by atomic mass is 16.3. The summed E-state index contributed by atoms with van der Waals surface area (Å²) in [6, 6.07) is 17.9. The van der Waals surface area contributed by atoms with Crippen LogP contribution in [0.2, 0.25) is 0 Å². The third-order valence-electron chi connectivity index (χ3n) is 6.46. The van der Waals surface area contributed by atoms with Gasteiger partial charge in [-0.3, -0.25) is 0 Å². The number of nitrogens with zero attached hydrogens (tertiary/aromatic N) is 3. The van der Waals surface area contributed by atoms with Gasteiger partial charge in [-0.2, -0.15) is 0 Å². The summed E-state index contributed by atoms with van der Waals surface area (Å²) in [5, 5.41) is 14.0. The second-order valence-electron chi connectivity index (χ2n) is 8.21. The molecule has 2 aromatic carbocycles. The maximum Gasteiger partial charge on any atom is 0.321 e. The van der Waals surface area contributed by atoms with Crippen LogP contribution in [0.15, 0.2) is 67.1 Å². The lowest BCUT2D eigenvalue weighted by Crippen LogP contribution is -2.43. The molecule has 30 heavy (non-hydrogen) atoms. The maximum atomic E-state index is 12.5. The van der Waals surface area contributed by atoms with Crippen molar-refractivity contribution in [1.29, 1.82) is 0 Å². The van der Waals surface area contributed by atoms with Crippen LogP contribution in [-0.4, -0.2) is 44.8 Å². The van der Waals surface area contributed by atoms with Gasteiger partial charge in [-0.05, 0) is 42.9 Å². The lowest BCUT2D eigenvalue weighted by molar-refractivity contribution is 0.0552. The molecule has 6 nitrogen and oxygen atoms in total. The van der Waals surface area contributed by atoms with Gasteiger partial charge in [0, 0.05) is 24.3 Å². The van der Waals surface area contributed by atoms with E-state index in [1.165, 1.54) is 11.1 Å². The number of benzene rings is 2. The fraction of sp³-hybridized carbons (Fsp3) is 0.333. The summed E-state index contributed by atoms with van der Waals surface area (Å²) in [7, 11) is 0. The first-order chi connectivity index (χ1) is 14.7. The van der Waals surface area contributed by atoms with E-state index in [9.17, 15) is 9.90 Å². The minimum Gasteiger partial charge on any atom is -0.393 e. The summed E-state index contributed by atoms with van der Waals surface area (Å²) in [5.41, 5.74) is 4.39. The Balaban J connectivity index is 1.20. The fourth-order valence-electron chi connectivity index (χ4n) is 4.81. The molecular weight excluding hydrogens is 376 g/mol. The number of imidazole rings is 1. The van der Waals surface area contributed by atoms with E-state index in [2.05, 4.69) is 33.1 Å². The van der Waals surface area contributed by atoms with Crippen molar-refractivity contribution in [3.05, 3.63) is 72.7 Å². The van der Waals surface area contributed by atoms with Crippen molar-refractivity contribution in [3.63, 3.8) is 0 Å². The van der Waals surface area contributed by atoms with E-state index in [1.54, 1.807) is 0 Å². The number of amides is 2. The molecule has 1 fully saturated rings. The van der Waals surface area contributed by atoms with Crippen LogP contribution in [-0.2, 0) is 0 Å². The Hall–Kier alpha value is -3.12. The number of carbonyl (C=O) groups is 1. The number of aliphatic hydroxyl groups excluding tert-OH is 1. The molecule has 1 aromatic heterocycles. The van der Waals surface area contributed by atoms with E-state index in [0.717, 1.165) is 24.2 Å². The highest BCUT2D eigenvalue weighted by molar-refractivity contribution is 5.89. The first kappa shape index (κ1) is 18.9. The van der Waals surface area contributed by atoms with E-state index in [1.807, 2.05) is 53.8 Å². The van der Waals surface area contributed by atoms with Crippen LogP contribution in [0.5, 0.6) is 0 Å². The summed E-state index contributed by atoms with van der Waals surface area (Å²) in [6.45, 7) is 1.33. The zero-order valence-electron chi connectivity index (χ0n) is 16.8. The number of fused-ring (bicyclic) bond motifs is 3. The number of urea groups is 1. The molecule has 5 rings (SSSR count). The molecule has 2 amide bonds. The van der Waals surface area contributed by atoms with Crippen LogP contribution in [0.4, 0.5) is 10.5 Å². The largest absolute Gasteiger partial charge is 0.393 e. The van der Waals surface area contributed by atoms with E-state index in [4.69, 9.17) is 0 Å². The van der Waals surface area contributed by atoms with Crippen molar-refractivity contribution in [2.75, 3.05) is 18.4 Å². The second-order valence-corrected chi connectivity index (χ2v) is 8.21. The molecule has 0 saturated carbocycles. The average Bonchev–Trinajstić information content (AvgIpc) is 3.37. The fourth-order valence-corrected chi connectivity index (χ4v) is 4.81. The number of para-hydroxylation sites is 1. The van der Waals surface area contributed by atoms with E-state index in [0.29, 0.717) is 19.5 Å². The number of anilines is 1. The van der Waals surface area contributed by atoms with Crippen molar-refractivity contribution >= 4 is 11.7 Å². The lowest BCUT2D eigenvalue weighted by Gasteiger charge is -2.35. The number of carbonyl (C=O) groups excluding carboxylic acids is 1. The molecule has 154 valence electrons. The van der Waals surface area contributed by atoms with E-state index >= 15 is 0 Å². The van der Waals surface area contributed by atoms with Gasteiger partial charge in [0.2, 0.25) is 0 Å². The van der Waals surface area contributed by atoms with Crippen molar-refractivity contribution in [2.45, 2.75) is 31.4 Å². The molecule has 1 saturated heterocycles. The summed E-state index contributed by atoms with van der Waals surface area (Å²) in [5.74, 6) is 0.200. The highest BCUT2D eigenvalue weighted by Crippen LogP contribution is 2.42. The van der Waals surface area contributed by atoms with Crippen molar-refractivity contribution in [2.24, 2.45) is 5.92 Å². The molecule has 0 bridgehead atoms. The van der Waals surface area contributed by atoms with Gasteiger partial charge in [-0.25, -0.2) is 9.78 Å². The van der Waals surface area contributed by atoms with Crippen molar-refractivity contribution in [1.82, 2.24) is 14.5 Å². The normalized spacial score (nSPS) is 19.2. The third-order valence-corrected chi connectivity index (χ3v) is 6.46. The average molecular weight is 402 g/mol. The number of hydrogen-bond donors (Lipinski definition) is 2. The second kappa shape index (κ2) is 7.95. The number of nitrogens with one attached hydrogen (secondary N) is 1. The quantitative estimate of drug-likeness (QED) is 0.689. The van der Waals surface area contributed by atoms with Crippen LogP contribution in [0, 0.1) is 5.92 Å². The highest BCUT2D eigenvalue weighted by Gasteiger charge is 2.33. The number of aromatic nitrogens is 2. The minimum atomic E-state index is -0.407. The summed E-state index contributed by atoms with van der Waals surface area (Å²) < 4.78 is 2.18. The first-order valence-corrected chi connectivity index (χ1v) is 10.6. The van der Waals surface area contributed by atoms with Crippen molar-refractivity contribution < 1.29 is 9.90 Å². The van der Waals surface area contributed by atoms with E-state index < -0.39 is 6.10 Å². The van der Waals surface area contributed by atoms with Crippen LogP contribution in [0.1, 0.15) is 30.9 Å². The molecule has 0 aliphatic carbocycles. The smallest absolute Gasteiger partial charge is 0.321 e. The van der Waals surface area contributed by atoms with Gasteiger partial charge in [0.25, 0.3) is 0 Å². The molecule has 0 spiro atoms. The van der Waals surface area contributed by atoms with Gasteiger partial charge in [0.1, 0.15) is 0 Å². The standard InChI is InChI=1S/C24H26N4O2/c29-23(14-21-19-8-4-5-9-20(19)22-15-25-16-28(21)22)17-10-12-27(13-11-17)24(30)26-18-6-2-1-3-7-18/h1-9,15-17,21,23,29H,10-14H2,(H,26,30). The summed E-state index contributed by atoms with van der Waals surface area (Å²) in [4.78, 5) is 18.7. The molecule has 3 heterocycles. The Morgan fingerprint density at radius 3 is 2.63 bits per heavy atom. The molecule has 2 N–H and O–H groups in total. The van der Waals surface area contributed by atoms with Gasteiger partial charge in [0.15, 0.2) is 0 Å². The lowest BCUT2D eigenvalue weighted by atomic mass is 9.86. The van der Waals surface area contributed by atoms with Gasteiger partial charge >= 0.3 is 6.03 Å². The van der Waals surface area contributed by atoms with Gasteiger partial charge in [-0.15, -0.1) is 0 Å². The van der Waals surface area contributed by atoms with Gasteiger partial charge in [-0.1, -0.05) is 42.5 Å². The monoisotopic (exact) mass is 402 g/mol. The molecule has 2 aliphatic rings. The van der Waals surface area contributed by atoms with Crippen molar-refractivity contribution in [3.8, 4) is 11.3 Å². The minimum absolute atomic E-state index is 0.0677. The molecule has 0 radical (unpaired) electrons. The van der Waals surface area contributed by atoms with Gasteiger partial charge < -0.3 is 19.9 Å². The molecule has 3 aromatic rings. The number of aliphatic hydroxyl groups is 1. The topological polar surface area (TPSA) is 70.4 Å². The SMILES string of the molecule is O=C(Nc1ccccc1)N1CCC(C(O)CC2c3ccccc3-c3cncn32)CC1. The predicted octanol–water partition coefficient (Wildman–Crippen LogP) is 4.15. The molecular formula is C24H26N4O2. The molecule has 2 atom stereocenters. The van der Waals surface area contributed by atoms with Crippen LogP contribution in [0.3, 0.4) is 0 Å². The third kappa shape index (κ3) is 3.48. The number of likely N-dealkylation sites (tertiary alicyclic amines) is 1. The predicted molar refractivity (Wildman–Crippen MR) is 116 cm³/mol. The zero-order valence-corrected chi connectivity index (χ0v) is 16.8. The summed E-state index contributed by atoms with van der Waals surface area (Å²) >= 11 is 0. The Kier molecular flexibility index (Phi) is 5.01. The first-order valence-electron chi connectivity index (χ1n) is 10.6. The maximum absolute atomic E-state index is 12.5. The summed E-state index contributed by atoms with van der Waals surface area (Å²) in [6.07, 6.45) is 5.65.